The van der Waals surface area contributed by atoms with E-state index in [1.807, 2.05) is 55.4 Å². The second kappa shape index (κ2) is 11.0. The van der Waals surface area contributed by atoms with Crippen molar-refractivity contribution in [3.8, 4) is 0 Å². The van der Waals surface area contributed by atoms with Gasteiger partial charge in [0, 0.05) is 63.5 Å². The molecule has 0 aromatic heterocycles. The Kier molecular flexibility index (Phi) is 7.86. The first-order valence-corrected chi connectivity index (χ1v) is 12.4. The topological polar surface area (TPSA) is 26.8 Å². The molecule has 4 rings (SSSR count). The van der Waals surface area contributed by atoms with Gasteiger partial charge in [0.05, 0.1) is 0 Å². The molecule has 2 atom stereocenters. The molecule has 1 heterocycles. The predicted octanol–water partition coefficient (Wildman–Crippen LogP) is 5.66. The summed E-state index contributed by atoms with van der Waals surface area (Å²) in [7, 11) is 4.09. The zero-order valence-electron chi connectivity index (χ0n) is 21.2. The number of anilines is 1. The number of amides is 1. The van der Waals surface area contributed by atoms with Crippen molar-refractivity contribution >= 4 is 11.6 Å². The molecule has 0 N–H and O–H groups in total. The van der Waals surface area contributed by atoms with Crippen LogP contribution in [0.1, 0.15) is 41.3 Å². The maximum Gasteiger partial charge on any atom is 0.254 e. The van der Waals surface area contributed by atoms with Crippen molar-refractivity contribution in [1.82, 2.24) is 9.80 Å². The SMILES string of the molecule is CC(C)N(CC1CN(Cc2ccc(N(C)C)cc2)CC1c1cccc(F)c1)C(=O)c1ccccc1. The van der Waals surface area contributed by atoms with Gasteiger partial charge in [0.25, 0.3) is 5.91 Å². The van der Waals surface area contributed by atoms with Crippen LogP contribution in [-0.4, -0.2) is 55.5 Å². The van der Waals surface area contributed by atoms with Crippen molar-refractivity contribution in [2.45, 2.75) is 32.4 Å². The molecule has 0 radical (unpaired) electrons. The van der Waals surface area contributed by atoms with Gasteiger partial charge in [-0.15, -0.1) is 0 Å². The minimum Gasteiger partial charge on any atom is -0.378 e. The van der Waals surface area contributed by atoms with Crippen molar-refractivity contribution in [3.63, 3.8) is 0 Å². The lowest BCUT2D eigenvalue weighted by Gasteiger charge is -2.32. The molecular weight excluding hydrogens is 437 g/mol. The summed E-state index contributed by atoms with van der Waals surface area (Å²) in [5.41, 5.74) is 4.16. The molecule has 1 saturated heterocycles. The molecule has 0 bridgehead atoms. The average Bonchev–Trinajstić information content (AvgIpc) is 3.25. The normalized spacial score (nSPS) is 18.1. The number of likely N-dealkylation sites (tertiary alicyclic amines) is 1. The Morgan fingerprint density at radius 2 is 1.69 bits per heavy atom. The van der Waals surface area contributed by atoms with E-state index in [2.05, 4.69) is 47.9 Å². The van der Waals surface area contributed by atoms with E-state index in [-0.39, 0.29) is 29.6 Å². The van der Waals surface area contributed by atoms with E-state index < -0.39 is 0 Å². The number of benzene rings is 3. The monoisotopic (exact) mass is 473 g/mol. The summed E-state index contributed by atoms with van der Waals surface area (Å²) >= 11 is 0. The van der Waals surface area contributed by atoms with Gasteiger partial charge in [0.15, 0.2) is 0 Å². The first-order valence-electron chi connectivity index (χ1n) is 12.4. The lowest BCUT2D eigenvalue weighted by Crippen LogP contribution is -2.42. The van der Waals surface area contributed by atoms with Crippen LogP contribution in [0, 0.1) is 11.7 Å². The Hall–Kier alpha value is -3.18. The summed E-state index contributed by atoms with van der Waals surface area (Å²) in [6, 6.07) is 25.2. The number of carbonyl (C=O) groups is 1. The second-order valence-electron chi connectivity index (χ2n) is 10.1. The zero-order valence-corrected chi connectivity index (χ0v) is 21.2. The third-order valence-electron chi connectivity index (χ3n) is 6.99. The molecule has 4 nitrogen and oxygen atoms in total. The fraction of sp³-hybridized carbons (Fsp3) is 0.367. The van der Waals surface area contributed by atoms with Gasteiger partial charge < -0.3 is 9.80 Å². The Morgan fingerprint density at radius 1 is 0.971 bits per heavy atom. The smallest absolute Gasteiger partial charge is 0.254 e. The number of nitrogens with zero attached hydrogens (tertiary/aromatic N) is 3. The van der Waals surface area contributed by atoms with Crippen LogP contribution in [0.25, 0.3) is 0 Å². The number of hydrogen-bond acceptors (Lipinski definition) is 3. The molecular formula is C30H36FN3O. The highest BCUT2D eigenvalue weighted by molar-refractivity contribution is 5.94. The summed E-state index contributed by atoms with van der Waals surface area (Å²) < 4.78 is 14.2. The summed E-state index contributed by atoms with van der Waals surface area (Å²) in [4.78, 5) is 19.9. The number of carbonyl (C=O) groups excluding carboxylic acids is 1. The van der Waals surface area contributed by atoms with E-state index in [0.29, 0.717) is 12.1 Å². The van der Waals surface area contributed by atoms with E-state index in [4.69, 9.17) is 0 Å². The van der Waals surface area contributed by atoms with E-state index in [9.17, 15) is 9.18 Å². The highest BCUT2D eigenvalue weighted by Crippen LogP contribution is 2.35. The van der Waals surface area contributed by atoms with E-state index >= 15 is 0 Å². The van der Waals surface area contributed by atoms with Crippen LogP contribution in [0.4, 0.5) is 10.1 Å². The maximum atomic E-state index is 14.2. The summed E-state index contributed by atoms with van der Waals surface area (Å²) in [6.45, 7) is 7.32. The third kappa shape index (κ3) is 6.09. The van der Waals surface area contributed by atoms with Crippen molar-refractivity contribution in [2.75, 3.05) is 38.6 Å². The van der Waals surface area contributed by atoms with Crippen LogP contribution in [0.5, 0.6) is 0 Å². The van der Waals surface area contributed by atoms with Gasteiger partial charge in [-0.05, 0) is 67.3 Å². The Labute approximate surface area is 209 Å². The molecule has 0 saturated carbocycles. The van der Waals surface area contributed by atoms with Gasteiger partial charge in [-0.1, -0.05) is 42.5 Å². The summed E-state index contributed by atoms with van der Waals surface area (Å²) in [5, 5.41) is 0. The fourth-order valence-electron chi connectivity index (χ4n) is 5.07. The van der Waals surface area contributed by atoms with E-state index in [1.165, 1.54) is 17.3 Å². The molecule has 1 aliphatic rings. The van der Waals surface area contributed by atoms with Crippen LogP contribution in [0.15, 0.2) is 78.9 Å². The first-order chi connectivity index (χ1) is 16.8. The molecule has 1 amide bonds. The van der Waals surface area contributed by atoms with Gasteiger partial charge in [-0.3, -0.25) is 9.69 Å². The van der Waals surface area contributed by atoms with Crippen molar-refractivity contribution in [2.24, 2.45) is 5.92 Å². The molecule has 1 fully saturated rings. The van der Waals surface area contributed by atoms with Crippen LogP contribution in [-0.2, 0) is 6.54 Å². The molecule has 2 unspecified atom stereocenters. The first kappa shape index (κ1) is 24.9. The number of rotatable bonds is 8. The van der Waals surface area contributed by atoms with Crippen molar-refractivity contribution in [3.05, 3.63) is 101 Å². The molecule has 0 aliphatic carbocycles. The minimum absolute atomic E-state index is 0.0521. The zero-order chi connectivity index (χ0) is 24.9. The van der Waals surface area contributed by atoms with Gasteiger partial charge in [0.2, 0.25) is 0 Å². The van der Waals surface area contributed by atoms with Crippen molar-refractivity contribution < 1.29 is 9.18 Å². The third-order valence-corrected chi connectivity index (χ3v) is 6.99. The molecule has 3 aromatic carbocycles. The fourth-order valence-corrected chi connectivity index (χ4v) is 5.07. The molecule has 3 aromatic rings. The lowest BCUT2D eigenvalue weighted by molar-refractivity contribution is 0.0668. The van der Waals surface area contributed by atoms with Crippen LogP contribution < -0.4 is 4.90 Å². The van der Waals surface area contributed by atoms with E-state index in [0.717, 1.165) is 25.2 Å². The number of halogens is 1. The Morgan fingerprint density at radius 3 is 2.31 bits per heavy atom. The predicted molar refractivity (Wildman–Crippen MR) is 141 cm³/mol. The highest BCUT2D eigenvalue weighted by atomic mass is 19.1. The molecule has 184 valence electrons. The summed E-state index contributed by atoms with van der Waals surface area (Å²) in [6.07, 6.45) is 0. The second-order valence-corrected chi connectivity index (χ2v) is 10.1. The maximum absolute atomic E-state index is 14.2. The van der Waals surface area contributed by atoms with Gasteiger partial charge in [-0.2, -0.15) is 0 Å². The summed E-state index contributed by atoms with van der Waals surface area (Å²) in [5.74, 6) is 0.223. The van der Waals surface area contributed by atoms with Crippen molar-refractivity contribution in [1.29, 1.82) is 0 Å². The largest absolute Gasteiger partial charge is 0.378 e. The average molecular weight is 474 g/mol. The van der Waals surface area contributed by atoms with Crippen LogP contribution in [0.3, 0.4) is 0 Å². The van der Waals surface area contributed by atoms with Crippen LogP contribution >= 0.6 is 0 Å². The lowest BCUT2D eigenvalue weighted by atomic mass is 9.88. The van der Waals surface area contributed by atoms with E-state index in [1.54, 1.807) is 12.1 Å². The Balaban J connectivity index is 1.56. The van der Waals surface area contributed by atoms with Crippen LogP contribution in [0.2, 0.25) is 0 Å². The molecule has 1 aliphatic heterocycles. The standard InChI is InChI=1S/C30H36FN3O/c1-22(2)34(30(35)24-9-6-5-7-10-24)20-26-19-33(18-23-13-15-28(16-14-23)32(3)4)21-29(26)25-11-8-12-27(31)17-25/h5-17,22,26,29H,18-21H2,1-4H3. The van der Waals surface area contributed by atoms with Gasteiger partial charge in [0.1, 0.15) is 5.82 Å². The number of hydrogen-bond donors (Lipinski definition) is 0. The quantitative estimate of drug-likeness (QED) is 0.423. The Bertz CT molecular complexity index is 1110. The minimum atomic E-state index is -0.208. The van der Waals surface area contributed by atoms with Gasteiger partial charge >= 0.3 is 0 Å². The van der Waals surface area contributed by atoms with Gasteiger partial charge in [-0.25, -0.2) is 4.39 Å². The molecule has 35 heavy (non-hydrogen) atoms. The highest BCUT2D eigenvalue weighted by Gasteiger charge is 2.36. The molecule has 5 heteroatoms. The molecule has 0 spiro atoms.